The summed E-state index contributed by atoms with van der Waals surface area (Å²) >= 11 is 0. The molecule has 0 saturated heterocycles. The predicted molar refractivity (Wildman–Crippen MR) is 111 cm³/mol. The van der Waals surface area contributed by atoms with Gasteiger partial charge in [-0.15, -0.1) is 0 Å². The van der Waals surface area contributed by atoms with E-state index in [2.05, 4.69) is 0 Å². The van der Waals surface area contributed by atoms with Crippen molar-refractivity contribution in [3.8, 4) is 5.75 Å². The van der Waals surface area contributed by atoms with E-state index < -0.39 is 29.0 Å². The molecule has 1 aromatic rings. The summed E-state index contributed by atoms with van der Waals surface area (Å²) in [6.07, 6.45) is 3.56. The van der Waals surface area contributed by atoms with Crippen molar-refractivity contribution in [3.05, 3.63) is 41.5 Å². The van der Waals surface area contributed by atoms with E-state index in [-0.39, 0.29) is 11.7 Å². The van der Waals surface area contributed by atoms with Crippen LogP contribution in [0, 0.1) is 17.3 Å². The molecule has 3 rings (SSSR count). The Balaban J connectivity index is 1.96. The van der Waals surface area contributed by atoms with Crippen molar-refractivity contribution in [1.29, 1.82) is 0 Å². The van der Waals surface area contributed by atoms with Crippen molar-refractivity contribution in [1.82, 2.24) is 0 Å². The van der Waals surface area contributed by atoms with Crippen molar-refractivity contribution >= 4 is 11.8 Å². The van der Waals surface area contributed by atoms with Crippen LogP contribution in [0.25, 0.3) is 0 Å². The van der Waals surface area contributed by atoms with Crippen LogP contribution in [0.4, 0.5) is 0 Å². The minimum absolute atomic E-state index is 0.0294. The normalized spacial score (nSPS) is 32.2. The first-order valence-corrected chi connectivity index (χ1v) is 10.4. The third-order valence-electron chi connectivity index (χ3n) is 6.99. The molecule has 1 fully saturated rings. The lowest BCUT2D eigenvalue weighted by atomic mass is 9.65. The lowest BCUT2D eigenvalue weighted by molar-refractivity contribution is -0.143. The van der Waals surface area contributed by atoms with Gasteiger partial charge in [0.1, 0.15) is 11.9 Å². The topological polar surface area (TPSA) is 72.8 Å². The summed E-state index contributed by atoms with van der Waals surface area (Å²) in [5, 5.41) is 11.6. The molecule has 5 nitrogen and oxygen atoms in total. The molecule has 4 atom stereocenters. The van der Waals surface area contributed by atoms with E-state index in [0.29, 0.717) is 37.0 Å². The predicted octanol–water partition coefficient (Wildman–Crippen LogP) is 4.33. The Morgan fingerprint density at radius 3 is 2.45 bits per heavy atom. The summed E-state index contributed by atoms with van der Waals surface area (Å²) < 4.78 is 11.1. The Labute approximate surface area is 173 Å². The van der Waals surface area contributed by atoms with Gasteiger partial charge in [0.25, 0.3) is 0 Å². The molecule has 4 unspecified atom stereocenters. The van der Waals surface area contributed by atoms with E-state index in [1.54, 1.807) is 37.5 Å². The third-order valence-corrected chi connectivity index (χ3v) is 6.99. The van der Waals surface area contributed by atoms with Gasteiger partial charge in [0, 0.05) is 11.3 Å². The Morgan fingerprint density at radius 2 is 1.86 bits per heavy atom. The molecular formula is C24H32O5. The van der Waals surface area contributed by atoms with Gasteiger partial charge in [-0.1, -0.05) is 26.3 Å². The van der Waals surface area contributed by atoms with E-state index in [9.17, 15) is 14.7 Å². The highest BCUT2D eigenvalue weighted by atomic mass is 16.5. The molecule has 158 valence electrons. The fourth-order valence-corrected chi connectivity index (χ4v) is 5.04. The molecule has 0 aromatic heterocycles. The molecule has 29 heavy (non-hydrogen) atoms. The minimum atomic E-state index is -1.05. The summed E-state index contributed by atoms with van der Waals surface area (Å²) in [6.45, 7) is 7.80. The summed E-state index contributed by atoms with van der Waals surface area (Å²) in [4.78, 5) is 26.0. The number of methoxy groups -OCH3 is 1. The van der Waals surface area contributed by atoms with Crippen LogP contribution < -0.4 is 4.74 Å². The summed E-state index contributed by atoms with van der Waals surface area (Å²) in [6, 6.07) is 6.77. The molecule has 0 spiro atoms. The van der Waals surface area contributed by atoms with Crippen LogP contribution in [-0.4, -0.2) is 35.7 Å². The van der Waals surface area contributed by atoms with Crippen molar-refractivity contribution in [2.75, 3.05) is 7.11 Å². The maximum atomic E-state index is 13.1. The van der Waals surface area contributed by atoms with Crippen molar-refractivity contribution in [2.24, 2.45) is 17.3 Å². The standard InChI is InChI=1S/C24H32O5/c1-15(2)24(27)13-12-23(4)20(25)14-16(3)6-11-19(21(23)24)29-22(26)17-7-9-18(28-5)10-8-17/h7-10,14-15,19,21,27H,6,11-13H2,1-5H3. The van der Waals surface area contributed by atoms with Crippen LogP contribution in [0.1, 0.15) is 63.7 Å². The number of benzene rings is 1. The average molecular weight is 401 g/mol. The number of aliphatic hydroxyl groups is 1. The highest BCUT2D eigenvalue weighted by Crippen LogP contribution is 2.56. The lowest BCUT2D eigenvalue weighted by Crippen LogP contribution is -2.53. The van der Waals surface area contributed by atoms with Crippen LogP contribution >= 0.6 is 0 Å². The van der Waals surface area contributed by atoms with Crippen LogP contribution in [0.2, 0.25) is 0 Å². The van der Waals surface area contributed by atoms with Crippen LogP contribution in [0.15, 0.2) is 35.9 Å². The highest BCUT2D eigenvalue weighted by Gasteiger charge is 2.61. The summed E-state index contributed by atoms with van der Waals surface area (Å²) in [7, 11) is 1.57. The third kappa shape index (κ3) is 3.85. The number of hydrogen-bond acceptors (Lipinski definition) is 5. The fraction of sp³-hybridized carbons (Fsp3) is 0.583. The molecule has 2 aliphatic rings. The number of ketones is 1. The first kappa shape index (κ1) is 21.6. The summed E-state index contributed by atoms with van der Waals surface area (Å²) in [5.41, 5.74) is -0.376. The van der Waals surface area contributed by atoms with Crippen molar-refractivity contribution < 1.29 is 24.2 Å². The van der Waals surface area contributed by atoms with E-state index in [1.807, 2.05) is 27.7 Å². The zero-order valence-corrected chi connectivity index (χ0v) is 18.0. The zero-order chi connectivity index (χ0) is 21.4. The van der Waals surface area contributed by atoms with Gasteiger partial charge in [0.05, 0.1) is 18.3 Å². The largest absolute Gasteiger partial charge is 0.497 e. The molecule has 0 amide bonds. The van der Waals surface area contributed by atoms with Gasteiger partial charge in [-0.3, -0.25) is 4.79 Å². The lowest BCUT2D eigenvalue weighted by Gasteiger charge is -2.44. The van der Waals surface area contributed by atoms with Crippen molar-refractivity contribution in [3.63, 3.8) is 0 Å². The molecule has 0 radical (unpaired) electrons. The molecule has 5 heteroatoms. The van der Waals surface area contributed by atoms with Crippen LogP contribution in [0.3, 0.4) is 0 Å². The SMILES string of the molecule is COc1ccc(C(=O)OC2CCC(C)=CC(=O)C3(C)CCC(O)(C(C)C)C23)cc1. The smallest absolute Gasteiger partial charge is 0.338 e. The zero-order valence-electron chi connectivity index (χ0n) is 18.0. The molecule has 0 aliphatic heterocycles. The number of rotatable bonds is 4. The minimum Gasteiger partial charge on any atom is -0.497 e. The van der Waals surface area contributed by atoms with Crippen LogP contribution in [0.5, 0.6) is 5.75 Å². The van der Waals surface area contributed by atoms with Gasteiger partial charge in [-0.25, -0.2) is 4.79 Å². The van der Waals surface area contributed by atoms with Gasteiger partial charge in [0.2, 0.25) is 0 Å². The Morgan fingerprint density at radius 1 is 1.21 bits per heavy atom. The number of fused-ring (bicyclic) bond motifs is 1. The number of ether oxygens (including phenoxy) is 2. The quantitative estimate of drug-likeness (QED) is 0.762. The van der Waals surface area contributed by atoms with Gasteiger partial charge in [-0.2, -0.15) is 0 Å². The first-order chi connectivity index (χ1) is 13.6. The fourth-order valence-electron chi connectivity index (χ4n) is 5.04. The molecule has 0 heterocycles. The summed E-state index contributed by atoms with van der Waals surface area (Å²) in [5.74, 6) is -0.228. The molecule has 1 aromatic carbocycles. The van der Waals surface area contributed by atoms with Gasteiger partial charge in [-0.05, 0) is 68.9 Å². The number of esters is 1. The first-order valence-electron chi connectivity index (χ1n) is 10.4. The van der Waals surface area contributed by atoms with Gasteiger partial charge >= 0.3 is 5.97 Å². The monoisotopic (exact) mass is 400 g/mol. The number of hydrogen-bond donors (Lipinski definition) is 1. The van der Waals surface area contributed by atoms with Gasteiger partial charge < -0.3 is 14.6 Å². The number of allylic oxidation sites excluding steroid dienone is 2. The van der Waals surface area contributed by atoms with Crippen molar-refractivity contribution in [2.45, 2.75) is 65.1 Å². The van der Waals surface area contributed by atoms with E-state index in [1.165, 1.54) is 0 Å². The second kappa shape index (κ2) is 7.94. The maximum Gasteiger partial charge on any atom is 0.338 e. The second-order valence-corrected chi connectivity index (χ2v) is 9.11. The average Bonchev–Trinajstić information content (AvgIpc) is 2.97. The second-order valence-electron chi connectivity index (χ2n) is 9.11. The molecule has 0 bridgehead atoms. The number of carbonyl (C=O) groups is 2. The van der Waals surface area contributed by atoms with Crippen LogP contribution in [-0.2, 0) is 9.53 Å². The number of carbonyl (C=O) groups excluding carboxylic acids is 2. The van der Waals surface area contributed by atoms with Gasteiger partial charge in [0.15, 0.2) is 5.78 Å². The van der Waals surface area contributed by atoms with E-state index >= 15 is 0 Å². The Hall–Kier alpha value is -2.14. The molecule has 1 saturated carbocycles. The molecular weight excluding hydrogens is 368 g/mol. The van der Waals surface area contributed by atoms with E-state index in [0.717, 1.165) is 5.57 Å². The Bertz CT molecular complexity index is 809. The Kier molecular flexibility index (Phi) is 5.91. The van der Waals surface area contributed by atoms with E-state index in [4.69, 9.17) is 9.47 Å². The maximum absolute atomic E-state index is 13.1. The molecule has 2 aliphatic carbocycles. The molecule has 1 N–H and O–H groups in total. The highest BCUT2D eigenvalue weighted by molar-refractivity contribution is 5.96.